The van der Waals surface area contributed by atoms with Gasteiger partial charge in [0.15, 0.2) is 0 Å². The fourth-order valence-corrected chi connectivity index (χ4v) is 7.09. The number of rotatable bonds is 6. The Morgan fingerprint density at radius 3 is 2.55 bits per heavy atom. The van der Waals surface area contributed by atoms with Crippen LogP contribution in [0.3, 0.4) is 0 Å². The Labute approximate surface area is 256 Å². The molecule has 5 bridgehead atoms. The van der Waals surface area contributed by atoms with Crippen molar-refractivity contribution in [3.05, 3.63) is 60.2 Å². The number of hydrogen-bond acceptors (Lipinski definition) is 9. The quantitative estimate of drug-likeness (QED) is 0.339. The van der Waals surface area contributed by atoms with Gasteiger partial charge in [-0.25, -0.2) is 0 Å². The van der Waals surface area contributed by atoms with E-state index in [4.69, 9.17) is 14.2 Å². The number of cyclic esters (lactones) is 1. The molecule has 236 valence electrons. The number of β-amino-alcohol motifs (C(OH)–C–C–N with tert-alkyl or cyclic N) is 1. The van der Waals surface area contributed by atoms with Crippen molar-refractivity contribution in [1.29, 1.82) is 0 Å². The SMILES string of the molecule is O=C1CC/C=C\CN(CCN2CCOCC2)C(=O)[C@@H]2N(CCO)C(=O)[C@H]3[C@H](C(=O)N[C@H](c4ccccc4)CO1)[C@@H]1C=C[C@]23O1. The topological polar surface area (TPSA) is 138 Å². The highest BCUT2D eigenvalue weighted by molar-refractivity contribution is 6.00. The summed E-state index contributed by atoms with van der Waals surface area (Å²) in [6.45, 7) is 3.62. The van der Waals surface area contributed by atoms with E-state index in [2.05, 4.69) is 10.2 Å². The zero-order valence-corrected chi connectivity index (χ0v) is 24.7. The van der Waals surface area contributed by atoms with Gasteiger partial charge in [0, 0.05) is 45.7 Å². The predicted molar refractivity (Wildman–Crippen MR) is 157 cm³/mol. The van der Waals surface area contributed by atoms with Crippen LogP contribution in [0.2, 0.25) is 0 Å². The number of nitrogens with one attached hydrogen (secondary N) is 1. The number of nitrogens with zero attached hydrogens (tertiary/aromatic N) is 3. The molecule has 0 unspecified atom stereocenters. The molecule has 6 rings (SSSR count). The molecule has 3 amide bonds. The summed E-state index contributed by atoms with van der Waals surface area (Å²) in [5.41, 5.74) is -0.580. The first kappa shape index (κ1) is 30.4. The molecule has 0 radical (unpaired) electrons. The summed E-state index contributed by atoms with van der Waals surface area (Å²) in [7, 11) is 0. The molecule has 3 fully saturated rings. The summed E-state index contributed by atoms with van der Waals surface area (Å²) < 4.78 is 17.5. The molecule has 5 aliphatic rings. The van der Waals surface area contributed by atoms with Crippen molar-refractivity contribution in [2.45, 2.75) is 36.6 Å². The number of carbonyl (C=O) groups is 4. The van der Waals surface area contributed by atoms with E-state index >= 15 is 0 Å². The van der Waals surface area contributed by atoms with E-state index in [-0.39, 0.29) is 38.6 Å². The van der Waals surface area contributed by atoms with Crippen LogP contribution in [0.5, 0.6) is 0 Å². The van der Waals surface area contributed by atoms with Crippen LogP contribution < -0.4 is 5.32 Å². The van der Waals surface area contributed by atoms with Gasteiger partial charge in [-0.2, -0.15) is 0 Å². The third-order valence-corrected chi connectivity index (χ3v) is 9.29. The molecule has 1 spiro atoms. The van der Waals surface area contributed by atoms with Gasteiger partial charge in [0.05, 0.1) is 43.8 Å². The van der Waals surface area contributed by atoms with Crippen LogP contribution in [0.4, 0.5) is 0 Å². The molecule has 5 aliphatic heterocycles. The van der Waals surface area contributed by atoms with Crippen LogP contribution in [0, 0.1) is 11.8 Å². The van der Waals surface area contributed by atoms with Crippen molar-refractivity contribution in [2.75, 3.05) is 65.7 Å². The molecule has 3 saturated heterocycles. The Morgan fingerprint density at radius 1 is 0.977 bits per heavy atom. The molecule has 0 aromatic heterocycles. The third kappa shape index (κ3) is 5.79. The van der Waals surface area contributed by atoms with E-state index in [1.165, 1.54) is 4.90 Å². The van der Waals surface area contributed by atoms with Crippen LogP contribution in [0.25, 0.3) is 0 Å². The average Bonchev–Trinajstić information content (AvgIpc) is 3.68. The van der Waals surface area contributed by atoms with Gasteiger partial charge >= 0.3 is 5.97 Å². The van der Waals surface area contributed by atoms with E-state index in [1.807, 2.05) is 42.5 Å². The smallest absolute Gasteiger partial charge is 0.306 e. The molecule has 12 nitrogen and oxygen atoms in total. The lowest BCUT2D eigenvalue weighted by molar-refractivity contribution is -0.148. The Morgan fingerprint density at radius 2 is 1.77 bits per heavy atom. The first-order chi connectivity index (χ1) is 21.4. The summed E-state index contributed by atoms with van der Waals surface area (Å²) in [4.78, 5) is 60.5. The number of hydrogen-bond donors (Lipinski definition) is 2. The molecular formula is C32H40N4O8. The van der Waals surface area contributed by atoms with E-state index < -0.39 is 53.4 Å². The van der Waals surface area contributed by atoms with Gasteiger partial charge in [-0.1, -0.05) is 54.6 Å². The van der Waals surface area contributed by atoms with Crippen molar-refractivity contribution < 1.29 is 38.5 Å². The first-order valence-corrected chi connectivity index (χ1v) is 15.5. The standard InChI is InChI=1S/C32H40N4O8/c37-18-15-36-28-31(41)35(14-13-34-16-19-42-20-17-34)12-6-2-5-9-25(38)43-21-23(22-7-3-1-4-8-22)33-29(39)26-24-10-11-32(28,44-24)27(26)30(36)40/h1-4,6-8,10-11,23-24,26-28,37H,5,9,12-21H2,(H,33,39)/b6-2-/t23-,24-,26+,27+,28-,32+/m0/s1. The molecular weight excluding hydrogens is 568 g/mol. The molecule has 1 aromatic rings. The fourth-order valence-electron chi connectivity index (χ4n) is 7.09. The number of allylic oxidation sites excluding steroid dienone is 1. The van der Waals surface area contributed by atoms with Crippen LogP contribution in [-0.2, 0) is 33.4 Å². The second-order valence-electron chi connectivity index (χ2n) is 11.9. The Bertz CT molecular complexity index is 1300. The van der Waals surface area contributed by atoms with Crippen molar-refractivity contribution in [1.82, 2.24) is 20.0 Å². The summed E-state index contributed by atoms with van der Waals surface area (Å²) in [6.07, 6.45) is 7.12. The lowest BCUT2D eigenvalue weighted by Gasteiger charge is -2.36. The van der Waals surface area contributed by atoms with E-state index in [0.717, 1.165) is 18.7 Å². The molecule has 0 saturated carbocycles. The van der Waals surface area contributed by atoms with Gasteiger partial charge in [0.25, 0.3) is 0 Å². The van der Waals surface area contributed by atoms with Gasteiger partial charge in [-0.05, 0) is 12.0 Å². The lowest BCUT2D eigenvalue weighted by atomic mass is 9.74. The Hall–Kier alpha value is -3.58. The number of amides is 3. The van der Waals surface area contributed by atoms with E-state index in [9.17, 15) is 24.3 Å². The normalized spacial score (nSPS) is 33.8. The number of aliphatic hydroxyl groups excluding tert-OH is 1. The summed E-state index contributed by atoms with van der Waals surface area (Å²) in [6, 6.07) is 7.53. The molecule has 5 heterocycles. The maximum atomic E-state index is 14.5. The largest absolute Gasteiger partial charge is 0.463 e. The minimum absolute atomic E-state index is 0.0561. The number of carbonyl (C=O) groups excluding carboxylic acids is 4. The van der Waals surface area contributed by atoms with Crippen molar-refractivity contribution in [3.8, 4) is 0 Å². The monoisotopic (exact) mass is 608 g/mol. The highest BCUT2D eigenvalue weighted by Gasteiger charge is 2.73. The van der Waals surface area contributed by atoms with Gasteiger partial charge in [0.1, 0.15) is 18.2 Å². The van der Waals surface area contributed by atoms with Gasteiger partial charge in [-0.15, -0.1) is 0 Å². The summed E-state index contributed by atoms with van der Waals surface area (Å²) in [5, 5.41) is 12.9. The van der Waals surface area contributed by atoms with Crippen LogP contribution in [-0.4, -0.2) is 127 Å². The second-order valence-corrected chi connectivity index (χ2v) is 11.9. The highest BCUT2D eigenvalue weighted by Crippen LogP contribution is 2.55. The number of fused-ring (bicyclic) bond motifs is 2. The molecule has 6 atom stereocenters. The molecule has 1 aromatic carbocycles. The second kappa shape index (κ2) is 13.2. The fraction of sp³-hybridized carbons (Fsp3) is 0.562. The minimum atomic E-state index is -1.33. The van der Waals surface area contributed by atoms with E-state index in [0.29, 0.717) is 32.7 Å². The zero-order valence-electron chi connectivity index (χ0n) is 24.7. The Balaban J connectivity index is 1.34. The maximum Gasteiger partial charge on any atom is 0.306 e. The summed E-state index contributed by atoms with van der Waals surface area (Å²) >= 11 is 0. The number of benzene rings is 1. The van der Waals surface area contributed by atoms with Crippen molar-refractivity contribution in [3.63, 3.8) is 0 Å². The number of likely N-dealkylation sites (tertiary alicyclic amines) is 1. The van der Waals surface area contributed by atoms with E-state index in [1.54, 1.807) is 17.1 Å². The van der Waals surface area contributed by atoms with Crippen LogP contribution >= 0.6 is 0 Å². The molecule has 2 N–H and O–H groups in total. The lowest BCUT2D eigenvalue weighted by Crippen LogP contribution is -2.57. The van der Waals surface area contributed by atoms with Crippen LogP contribution in [0.15, 0.2) is 54.6 Å². The van der Waals surface area contributed by atoms with Gasteiger partial charge in [-0.3, -0.25) is 24.1 Å². The summed E-state index contributed by atoms with van der Waals surface area (Å²) in [5.74, 6) is -3.35. The first-order valence-electron chi connectivity index (χ1n) is 15.5. The maximum absolute atomic E-state index is 14.5. The number of ether oxygens (including phenoxy) is 3. The number of morpholine rings is 1. The zero-order chi connectivity index (χ0) is 30.7. The van der Waals surface area contributed by atoms with Gasteiger partial charge in [0.2, 0.25) is 17.7 Å². The van der Waals surface area contributed by atoms with Crippen LogP contribution in [0.1, 0.15) is 24.4 Å². The molecule has 44 heavy (non-hydrogen) atoms. The predicted octanol–water partition coefficient (Wildman–Crippen LogP) is 0.0408. The Kier molecular flexibility index (Phi) is 9.13. The minimum Gasteiger partial charge on any atom is -0.463 e. The average molecular weight is 609 g/mol. The molecule has 0 aliphatic carbocycles. The third-order valence-electron chi connectivity index (χ3n) is 9.29. The number of aliphatic hydroxyl groups is 1. The van der Waals surface area contributed by atoms with Crippen molar-refractivity contribution >= 4 is 23.7 Å². The van der Waals surface area contributed by atoms with Crippen molar-refractivity contribution in [2.24, 2.45) is 11.8 Å². The molecule has 12 heteroatoms. The number of esters is 1. The highest BCUT2D eigenvalue weighted by atomic mass is 16.5. The van der Waals surface area contributed by atoms with Gasteiger partial charge < -0.3 is 34.4 Å².